The molecular formula is C28H38Cl2N4O2S2. The minimum atomic E-state index is 0. The van der Waals surface area contributed by atoms with Gasteiger partial charge in [-0.15, -0.1) is 48.3 Å². The summed E-state index contributed by atoms with van der Waals surface area (Å²) < 4.78 is 0. The molecule has 0 radical (unpaired) electrons. The molecule has 38 heavy (non-hydrogen) atoms. The van der Waals surface area contributed by atoms with Crippen molar-refractivity contribution in [1.29, 1.82) is 0 Å². The van der Waals surface area contributed by atoms with Crippen LogP contribution in [-0.2, 0) is 12.8 Å². The van der Waals surface area contributed by atoms with Crippen LogP contribution in [0.25, 0.3) is 0 Å². The van der Waals surface area contributed by atoms with E-state index in [-0.39, 0.29) is 48.7 Å². The first-order valence-corrected chi connectivity index (χ1v) is 15.4. The molecule has 4 heterocycles. The van der Waals surface area contributed by atoms with Crippen LogP contribution in [0.4, 0.5) is 0 Å². The maximum absolute atomic E-state index is 12.5. The molecule has 4 aliphatic heterocycles. The summed E-state index contributed by atoms with van der Waals surface area (Å²) in [7, 11) is 0. The second-order valence-corrected chi connectivity index (χ2v) is 11.4. The Bertz CT molecular complexity index is 1100. The Kier molecular flexibility index (Phi) is 10.9. The van der Waals surface area contributed by atoms with E-state index >= 15 is 0 Å². The van der Waals surface area contributed by atoms with Gasteiger partial charge in [0.1, 0.15) is 0 Å². The van der Waals surface area contributed by atoms with Crippen LogP contribution in [0.5, 0.6) is 0 Å². The second kappa shape index (κ2) is 13.3. The Balaban J connectivity index is 0.000000200. The molecule has 2 amide bonds. The second-order valence-electron chi connectivity index (χ2n) is 9.67. The molecule has 0 unspecified atom stereocenters. The molecule has 0 bridgehead atoms. The summed E-state index contributed by atoms with van der Waals surface area (Å²) in [6, 6.07) is 9.30. The van der Waals surface area contributed by atoms with Crippen LogP contribution < -0.4 is 10.6 Å². The van der Waals surface area contributed by atoms with E-state index in [1.54, 1.807) is 23.5 Å². The Hall–Kier alpha value is -1.42. The first-order chi connectivity index (χ1) is 17.5. The van der Waals surface area contributed by atoms with Gasteiger partial charge in [0, 0.05) is 49.1 Å². The summed E-state index contributed by atoms with van der Waals surface area (Å²) in [6.07, 6.45) is 6.15. The van der Waals surface area contributed by atoms with E-state index < -0.39 is 0 Å². The third-order valence-corrected chi connectivity index (χ3v) is 9.32. The molecule has 2 atom stereocenters. The van der Waals surface area contributed by atoms with Crippen LogP contribution in [0, 0.1) is 0 Å². The maximum atomic E-state index is 12.5. The van der Waals surface area contributed by atoms with Gasteiger partial charge in [-0.05, 0) is 59.7 Å². The lowest BCUT2D eigenvalue weighted by Crippen LogP contribution is -2.44. The average molecular weight is 598 g/mol. The van der Waals surface area contributed by atoms with Gasteiger partial charge < -0.3 is 20.4 Å². The molecule has 0 aliphatic carbocycles. The molecule has 0 spiro atoms. The number of thioether (sulfide) groups is 2. The van der Waals surface area contributed by atoms with Crippen molar-refractivity contribution in [2.75, 3.05) is 51.8 Å². The molecule has 2 fully saturated rings. The smallest absolute Gasteiger partial charge is 0.255 e. The first-order valence-electron chi connectivity index (χ1n) is 13.0. The minimum Gasteiger partial charge on any atom is -0.329 e. The number of amides is 2. The topological polar surface area (TPSA) is 64.7 Å². The molecule has 6 rings (SSSR count). The van der Waals surface area contributed by atoms with Gasteiger partial charge in [0.15, 0.2) is 0 Å². The van der Waals surface area contributed by atoms with Gasteiger partial charge in [-0.3, -0.25) is 9.59 Å². The molecule has 0 saturated carbocycles. The molecule has 4 aliphatic rings. The molecule has 2 N–H and O–H groups in total. The lowest BCUT2D eigenvalue weighted by molar-refractivity contribution is 0.0681. The van der Waals surface area contributed by atoms with Crippen LogP contribution in [-0.4, -0.2) is 73.4 Å². The van der Waals surface area contributed by atoms with Crippen molar-refractivity contribution in [2.45, 2.75) is 48.6 Å². The van der Waals surface area contributed by atoms with E-state index in [1.807, 2.05) is 9.80 Å². The van der Waals surface area contributed by atoms with Crippen LogP contribution in [0.2, 0.25) is 0 Å². The van der Waals surface area contributed by atoms with Crippen LogP contribution in [0.15, 0.2) is 34.1 Å². The highest BCUT2D eigenvalue weighted by Crippen LogP contribution is 2.41. The standard InChI is InChI=1S/2C14H18N2OS.2ClH/c2*1-3-9-6-10-11-8-15-4-5-16(11)14(17)13(10)12(7-9)18-2;;/h2*6-7,11,15H,3-5,8H2,1-2H3;2*1H/t2*11-;;/m10../s1. The van der Waals surface area contributed by atoms with Crippen molar-refractivity contribution < 1.29 is 9.59 Å². The van der Waals surface area contributed by atoms with Crippen molar-refractivity contribution in [3.05, 3.63) is 57.6 Å². The number of piperazine rings is 2. The summed E-state index contributed by atoms with van der Waals surface area (Å²) in [5, 5.41) is 6.78. The van der Waals surface area contributed by atoms with Gasteiger partial charge in [0.2, 0.25) is 0 Å². The van der Waals surface area contributed by atoms with Gasteiger partial charge >= 0.3 is 0 Å². The van der Waals surface area contributed by atoms with Crippen LogP contribution >= 0.6 is 48.3 Å². The van der Waals surface area contributed by atoms with Crippen LogP contribution in [0.1, 0.15) is 68.9 Å². The summed E-state index contributed by atoms with van der Waals surface area (Å²) in [5.74, 6) is 0.451. The summed E-state index contributed by atoms with van der Waals surface area (Å²) in [5.41, 5.74) is 7.03. The fourth-order valence-corrected chi connectivity index (χ4v) is 7.20. The lowest BCUT2D eigenvalue weighted by atomic mass is 9.99. The SMILES string of the molecule is CCc1cc(SC)c2c(c1)[C@@H]1CNCCN1C2=O.CCc1cc(SC)c2c(c1)[C@H]1CNCCN1C2=O.Cl.Cl. The average Bonchev–Trinajstić information content (AvgIpc) is 3.39. The number of fused-ring (bicyclic) bond motifs is 6. The highest BCUT2D eigenvalue weighted by atomic mass is 35.5. The zero-order valence-electron chi connectivity index (χ0n) is 22.5. The zero-order valence-corrected chi connectivity index (χ0v) is 25.7. The number of nitrogens with zero attached hydrogens (tertiary/aromatic N) is 2. The third-order valence-electron chi connectivity index (χ3n) is 7.80. The maximum Gasteiger partial charge on any atom is 0.255 e. The van der Waals surface area contributed by atoms with Crippen molar-refractivity contribution in [1.82, 2.24) is 20.4 Å². The third kappa shape index (κ3) is 5.45. The number of rotatable bonds is 4. The van der Waals surface area contributed by atoms with Crippen molar-refractivity contribution >= 4 is 60.2 Å². The largest absolute Gasteiger partial charge is 0.329 e. The number of halogens is 2. The van der Waals surface area contributed by atoms with E-state index in [9.17, 15) is 9.59 Å². The number of nitrogens with one attached hydrogen (secondary N) is 2. The first kappa shape index (κ1) is 31.1. The summed E-state index contributed by atoms with van der Waals surface area (Å²) in [4.78, 5) is 31.3. The van der Waals surface area contributed by atoms with E-state index in [0.29, 0.717) is 0 Å². The Morgan fingerprint density at radius 2 is 1.13 bits per heavy atom. The highest BCUT2D eigenvalue weighted by Gasteiger charge is 2.40. The highest BCUT2D eigenvalue weighted by molar-refractivity contribution is 7.99. The predicted molar refractivity (Wildman–Crippen MR) is 163 cm³/mol. The fourth-order valence-electron chi connectivity index (χ4n) is 5.84. The Morgan fingerprint density at radius 3 is 1.47 bits per heavy atom. The molecule has 0 aromatic heterocycles. The molecule has 208 valence electrons. The molecule has 2 aromatic carbocycles. The van der Waals surface area contributed by atoms with Crippen molar-refractivity contribution in [3.63, 3.8) is 0 Å². The van der Waals surface area contributed by atoms with Gasteiger partial charge in [-0.25, -0.2) is 0 Å². The normalized spacial score (nSPS) is 20.8. The summed E-state index contributed by atoms with van der Waals surface area (Å²) in [6.45, 7) is 9.58. The summed E-state index contributed by atoms with van der Waals surface area (Å²) >= 11 is 3.37. The monoisotopic (exact) mass is 596 g/mol. The number of carbonyl (C=O) groups excluding carboxylic acids is 2. The number of hydrogen-bond donors (Lipinski definition) is 2. The fraction of sp³-hybridized carbons (Fsp3) is 0.500. The van der Waals surface area contributed by atoms with Gasteiger partial charge in [-0.1, -0.05) is 26.0 Å². The lowest BCUT2D eigenvalue weighted by Gasteiger charge is -2.30. The number of benzene rings is 2. The van der Waals surface area contributed by atoms with E-state index in [0.717, 1.165) is 73.0 Å². The number of aryl methyl sites for hydroxylation is 2. The van der Waals surface area contributed by atoms with E-state index in [1.165, 1.54) is 22.3 Å². The molecule has 10 heteroatoms. The number of carbonyl (C=O) groups is 2. The van der Waals surface area contributed by atoms with Crippen molar-refractivity contribution in [3.8, 4) is 0 Å². The molecular weight excluding hydrogens is 559 g/mol. The zero-order chi connectivity index (χ0) is 25.4. The van der Waals surface area contributed by atoms with Gasteiger partial charge in [0.05, 0.1) is 23.2 Å². The van der Waals surface area contributed by atoms with Gasteiger partial charge in [0.25, 0.3) is 11.8 Å². The Morgan fingerprint density at radius 1 is 0.737 bits per heavy atom. The van der Waals surface area contributed by atoms with E-state index in [4.69, 9.17) is 0 Å². The molecule has 2 saturated heterocycles. The predicted octanol–water partition coefficient (Wildman–Crippen LogP) is 4.99. The van der Waals surface area contributed by atoms with E-state index in [2.05, 4.69) is 61.3 Å². The van der Waals surface area contributed by atoms with Gasteiger partial charge in [-0.2, -0.15) is 0 Å². The Labute approximate surface area is 247 Å². The van der Waals surface area contributed by atoms with Crippen LogP contribution in [0.3, 0.4) is 0 Å². The minimum absolute atomic E-state index is 0. The number of hydrogen-bond acceptors (Lipinski definition) is 6. The quantitative estimate of drug-likeness (QED) is 0.485. The molecule has 2 aromatic rings. The molecule has 6 nitrogen and oxygen atoms in total. The van der Waals surface area contributed by atoms with Crippen molar-refractivity contribution in [2.24, 2.45) is 0 Å².